The molecule has 3 nitrogen and oxygen atoms in total. The quantitative estimate of drug-likeness (QED) is 0.803. The molecule has 2 N–H and O–H groups in total. The average Bonchev–Trinajstić information content (AvgIpc) is 2.57. The maximum absolute atomic E-state index is 12.4. The van der Waals surface area contributed by atoms with Crippen LogP contribution in [0.5, 0.6) is 0 Å². The van der Waals surface area contributed by atoms with Gasteiger partial charge in [-0.1, -0.05) is 25.7 Å². The Balaban J connectivity index is 1.93. The maximum Gasteiger partial charge on any atom is 0.224 e. The number of carbonyl (C=O) groups excluding carboxylic acids is 1. The van der Waals surface area contributed by atoms with E-state index < -0.39 is 0 Å². The molecule has 1 unspecified atom stereocenters. The molecule has 1 saturated carbocycles. The minimum atomic E-state index is -0.191. The smallest absolute Gasteiger partial charge is 0.224 e. The van der Waals surface area contributed by atoms with E-state index in [0.29, 0.717) is 18.4 Å². The first-order chi connectivity index (χ1) is 8.11. The van der Waals surface area contributed by atoms with Crippen molar-refractivity contribution >= 4 is 5.91 Å². The van der Waals surface area contributed by atoms with Crippen LogP contribution in [0.25, 0.3) is 0 Å². The van der Waals surface area contributed by atoms with Crippen molar-refractivity contribution in [3.8, 4) is 0 Å². The second-order valence-electron chi connectivity index (χ2n) is 6.03. The van der Waals surface area contributed by atoms with Crippen LogP contribution < -0.4 is 5.73 Å². The number of hydrogen-bond acceptors (Lipinski definition) is 2. The first-order valence-corrected chi connectivity index (χ1v) is 7.19. The Bertz CT molecular complexity index is 271. The molecular weight excluding hydrogens is 212 g/mol. The van der Waals surface area contributed by atoms with Gasteiger partial charge in [0.1, 0.15) is 0 Å². The Morgan fingerprint density at radius 3 is 2.65 bits per heavy atom. The van der Waals surface area contributed by atoms with E-state index in [2.05, 4.69) is 11.8 Å². The standard InChI is InChI=1S/C14H26N2O/c1-12-7-3-2-6-10-16(12)13(17)11-14(15)8-4-5-9-14/h12H,2-11,15H2,1H3. The van der Waals surface area contributed by atoms with Crippen molar-refractivity contribution in [1.82, 2.24) is 4.90 Å². The third kappa shape index (κ3) is 3.21. The molecule has 0 aromatic rings. The Labute approximate surface area is 105 Å². The van der Waals surface area contributed by atoms with Gasteiger partial charge >= 0.3 is 0 Å². The predicted molar refractivity (Wildman–Crippen MR) is 69.6 cm³/mol. The Kier molecular flexibility index (Phi) is 4.08. The van der Waals surface area contributed by atoms with Crippen molar-refractivity contribution in [2.24, 2.45) is 5.73 Å². The molecule has 2 fully saturated rings. The first-order valence-electron chi connectivity index (χ1n) is 7.19. The maximum atomic E-state index is 12.4. The van der Waals surface area contributed by atoms with Crippen molar-refractivity contribution in [2.45, 2.75) is 76.3 Å². The lowest BCUT2D eigenvalue weighted by Gasteiger charge is -2.31. The molecule has 98 valence electrons. The molecule has 0 aromatic carbocycles. The second-order valence-corrected chi connectivity index (χ2v) is 6.03. The molecule has 2 aliphatic rings. The predicted octanol–water partition coefficient (Wildman–Crippen LogP) is 2.44. The summed E-state index contributed by atoms with van der Waals surface area (Å²) in [5, 5.41) is 0. The zero-order chi connectivity index (χ0) is 12.3. The molecule has 0 spiro atoms. The van der Waals surface area contributed by atoms with Crippen molar-refractivity contribution < 1.29 is 4.79 Å². The largest absolute Gasteiger partial charge is 0.340 e. The summed E-state index contributed by atoms with van der Waals surface area (Å²) >= 11 is 0. The van der Waals surface area contributed by atoms with Gasteiger partial charge in [-0.15, -0.1) is 0 Å². The van der Waals surface area contributed by atoms with Crippen molar-refractivity contribution in [2.75, 3.05) is 6.54 Å². The van der Waals surface area contributed by atoms with E-state index in [9.17, 15) is 4.79 Å². The van der Waals surface area contributed by atoms with Crippen LogP contribution in [0.3, 0.4) is 0 Å². The van der Waals surface area contributed by atoms with Gasteiger partial charge in [-0.25, -0.2) is 0 Å². The third-order valence-corrected chi connectivity index (χ3v) is 4.48. The molecule has 3 heteroatoms. The van der Waals surface area contributed by atoms with E-state index in [1.54, 1.807) is 0 Å². The second kappa shape index (κ2) is 5.38. The summed E-state index contributed by atoms with van der Waals surface area (Å²) in [6.07, 6.45) is 9.86. The number of likely N-dealkylation sites (tertiary alicyclic amines) is 1. The van der Waals surface area contributed by atoms with E-state index in [0.717, 1.165) is 32.2 Å². The molecular formula is C14H26N2O. The summed E-state index contributed by atoms with van der Waals surface area (Å²) in [4.78, 5) is 14.5. The van der Waals surface area contributed by atoms with Crippen molar-refractivity contribution in [1.29, 1.82) is 0 Å². The Morgan fingerprint density at radius 1 is 1.24 bits per heavy atom. The van der Waals surface area contributed by atoms with E-state index in [1.807, 2.05) is 0 Å². The minimum Gasteiger partial charge on any atom is -0.340 e. The lowest BCUT2D eigenvalue weighted by Crippen LogP contribution is -2.46. The molecule has 0 aromatic heterocycles. The van der Waals surface area contributed by atoms with Gasteiger partial charge in [0.25, 0.3) is 0 Å². The van der Waals surface area contributed by atoms with Gasteiger partial charge in [0.2, 0.25) is 5.91 Å². The molecule has 17 heavy (non-hydrogen) atoms. The number of nitrogens with zero attached hydrogens (tertiary/aromatic N) is 1. The number of amides is 1. The lowest BCUT2D eigenvalue weighted by molar-refractivity contribution is -0.134. The molecule has 0 radical (unpaired) electrons. The Hall–Kier alpha value is -0.570. The lowest BCUT2D eigenvalue weighted by atomic mass is 9.93. The topological polar surface area (TPSA) is 46.3 Å². The van der Waals surface area contributed by atoms with Gasteiger partial charge in [-0.05, 0) is 32.6 Å². The zero-order valence-electron chi connectivity index (χ0n) is 11.1. The van der Waals surface area contributed by atoms with Gasteiger partial charge in [0.05, 0.1) is 0 Å². The van der Waals surface area contributed by atoms with Crippen LogP contribution in [-0.2, 0) is 4.79 Å². The molecule has 1 amide bonds. The van der Waals surface area contributed by atoms with E-state index in [1.165, 1.54) is 25.7 Å². The van der Waals surface area contributed by atoms with E-state index in [-0.39, 0.29) is 5.54 Å². The van der Waals surface area contributed by atoms with Crippen LogP contribution in [0.2, 0.25) is 0 Å². The molecule has 1 atom stereocenters. The number of rotatable bonds is 2. The van der Waals surface area contributed by atoms with Crippen LogP contribution in [0, 0.1) is 0 Å². The zero-order valence-corrected chi connectivity index (χ0v) is 11.1. The number of carbonyl (C=O) groups is 1. The van der Waals surface area contributed by atoms with Gasteiger partial charge in [0.15, 0.2) is 0 Å². The molecule has 1 saturated heterocycles. The SMILES string of the molecule is CC1CCCCCN1C(=O)CC1(N)CCCC1. The average molecular weight is 238 g/mol. The number of nitrogens with two attached hydrogens (primary N) is 1. The highest BCUT2D eigenvalue weighted by atomic mass is 16.2. The molecule has 1 aliphatic carbocycles. The van der Waals surface area contributed by atoms with E-state index >= 15 is 0 Å². The highest BCUT2D eigenvalue weighted by Crippen LogP contribution is 2.31. The summed E-state index contributed by atoms with van der Waals surface area (Å²) in [5.41, 5.74) is 6.11. The Morgan fingerprint density at radius 2 is 1.94 bits per heavy atom. The summed E-state index contributed by atoms with van der Waals surface area (Å²) in [6.45, 7) is 3.12. The fourth-order valence-corrected chi connectivity index (χ4v) is 3.30. The summed E-state index contributed by atoms with van der Waals surface area (Å²) in [6, 6.07) is 0.412. The van der Waals surface area contributed by atoms with Crippen LogP contribution in [0.4, 0.5) is 0 Å². The van der Waals surface area contributed by atoms with Crippen LogP contribution in [-0.4, -0.2) is 28.9 Å². The molecule has 1 aliphatic heterocycles. The van der Waals surface area contributed by atoms with Crippen molar-refractivity contribution in [3.63, 3.8) is 0 Å². The highest BCUT2D eigenvalue weighted by molar-refractivity contribution is 5.77. The van der Waals surface area contributed by atoms with Gasteiger partial charge in [0, 0.05) is 24.5 Å². The van der Waals surface area contributed by atoms with Gasteiger partial charge in [-0.3, -0.25) is 4.79 Å². The van der Waals surface area contributed by atoms with Crippen LogP contribution in [0.1, 0.15) is 64.7 Å². The monoisotopic (exact) mass is 238 g/mol. The van der Waals surface area contributed by atoms with Gasteiger partial charge in [-0.2, -0.15) is 0 Å². The molecule has 1 heterocycles. The summed E-state index contributed by atoms with van der Waals surface area (Å²) in [7, 11) is 0. The normalized spacial score (nSPS) is 29.1. The van der Waals surface area contributed by atoms with Crippen molar-refractivity contribution in [3.05, 3.63) is 0 Å². The van der Waals surface area contributed by atoms with Gasteiger partial charge < -0.3 is 10.6 Å². The van der Waals surface area contributed by atoms with Crippen LogP contribution >= 0.6 is 0 Å². The first kappa shape index (κ1) is 12.9. The third-order valence-electron chi connectivity index (χ3n) is 4.48. The molecule has 0 bridgehead atoms. The van der Waals surface area contributed by atoms with E-state index in [4.69, 9.17) is 5.73 Å². The fraction of sp³-hybridized carbons (Fsp3) is 0.929. The highest BCUT2D eigenvalue weighted by Gasteiger charge is 2.34. The van der Waals surface area contributed by atoms with Crippen LogP contribution in [0.15, 0.2) is 0 Å². The number of hydrogen-bond donors (Lipinski definition) is 1. The molecule has 2 rings (SSSR count). The fourth-order valence-electron chi connectivity index (χ4n) is 3.30. The summed E-state index contributed by atoms with van der Waals surface area (Å²) < 4.78 is 0. The summed E-state index contributed by atoms with van der Waals surface area (Å²) in [5.74, 6) is 0.295. The minimum absolute atomic E-state index is 0.191.